The summed E-state index contributed by atoms with van der Waals surface area (Å²) in [5, 5.41) is 12.3. The van der Waals surface area contributed by atoms with Gasteiger partial charge >= 0.3 is 0 Å². The summed E-state index contributed by atoms with van der Waals surface area (Å²) in [6.07, 6.45) is 1.92. The first-order chi connectivity index (χ1) is 11.6. The molecule has 0 unspecified atom stereocenters. The van der Waals surface area contributed by atoms with Crippen LogP contribution in [-0.2, 0) is 0 Å². The van der Waals surface area contributed by atoms with E-state index in [9.17, 15) is 0 Å². The Morgan fingerprint density at radius 3 is 2.71 bits per heavy atom. The van der Waals surface area contributed by atoms with Crippen molar-refractivity contribution in [3.05, 3.63) is 54.0 Å². The zero-order valence-electron chi connectivity index (χ0n) is 13.8. The fraction of sp³-hybridized carbons (Fsp3) is 0.222. The molecule has 0 saturated heterocycles. The zero-order valence-corrected chi connectivity index (χ0v) is 13.8. The fourth-order valence-electron chi connectivity index (χ4n) is 2.78. The standard InChI is InChI=1S/C18H17N5O/c1-11(2)14-6-4-5-7-15(14)18-19-17(22-24-18)13-8-9-16-21-20-12(3)23(16)10-13/h4-11H,1-3H3. The minimum Gasteiger partial charge on any atom is -0.334 e. The van der Waals surface area contributed by atoms with E-state index in [0.29, 0.717) is 17.6 Å². The number of aryl methyl sites for hydroxylation is 1. The molecular weight excluding hydrogens is 302 g/mol. The normalized spacial score (nSPS) is 11.5. The third-order valence-corrected chi connectivity index (χ3v) is 4.07. The summed E-state index contributed by atoms with van der Waals surface area (Å²) in [5.41, 5.74) is 3.83. The van der Waals surface area contributed by atoms with E-state index in [1.54, 1.807) is 0 Å². The number of rotatable bonds is 3. The molecule has 6 nitrogen and oxygen atoms in total. The highest BCUT2D eigenvalue weighted by molar-refractivity contribution is 5.63. The van der Waals surface area contributed by atoms with Crippen molar-refractivity contribution in [1.29, 1.82) is 0 Å². The monoisotopic (exact) mass is 319 g/mol. The summed E-state index contributed by atoms with van der Waals surface area (Å²) < 4.78 is 7.43. The van der Waals surface area contributed by atoms with Gasteiger partial charge in [-0.05, 0) is 36.6 Å². The predicted octanol–water partition coefficient (Wildman–Crippen LogP) is 3.88. The van der Waals surface area contributed by atoms with Gasteiger partial charge in [0.1, 0.15) is 5.82 Å². The molecule has 1 aromatic carbocycles. The Bertz CT molecular complexity index is 1020. The third-order valence-electron chi connectivity index (χ3n) is 4.07. The van der Waals surface area contributed by atoms with E-state index in [1.807, 2.05) is 47.9 Å². The van der Waals surface area contributed by atoms with Gasteiger partial charge in [-0.2, -0.15) is 4.98 Å². The Kier molecular flexibility index (Phi) is 3.37. The van der Waals surface area contributed by atoms with E-state index in [2.05, 4.69) is 40.3 Å². The van der Waals surface area contributed by atoms with Gasteiger partial charge in [0.2, 0.25) is 5.82 Å². The molecule has 0 N–H and O–H groups in total. The lowest BCUT2D eigenvalue weighted by Crippen LogP contribution is -1.92. The second-order valence-corrected chi connectivity index (χ2v) is 6.06. The summed E-state index contributed by atoms with van der Waals surface area (Å²) in [4.78, 5) is 4.58. The topological polar surface area (TPSA) is 69.1 Å². The molecule has 6 heteroatoms. The van der Waals surface area contributed by atoms with Gasteiger partial charge in [-0.25, -0.2) is 0 Å². The SMILES string of the molecule is Cc1nnc2ccc(-c3noc(-c4ccccc4C(C)C)n3)cn12. The molecule has 4 aromatic rings. The Labute approximate surface area is 139 Å². The summed E-state index contributed by atoms with van der Waals surface area (Å²) in [6, 6.07) is 11.9. The highest BCUT2D eigenvalue weighted by Gasteiger charge is 2.16. The van der Waals surface area contributed by atoms with E-state index in [0.717, 1.165) is 22.6 Å². The van der Waals surface area contributed by atoms with Crippen molar-refractivity contribution >= 4 is 5.65 Å². The summed E-state index contributed by atoms with van der Waals surface area (Å²) in [5.74, 6) is 2.29. The van der Waals surface area contributed by atoms with Gasteiger partial charge in [-0.15, -0.1) is 10.2 Å². The zero-order chi connectivity index (χ0) is 16.7. The number of fused-ring (bicyclic) bond motifs is 1. The van der Waals surface area contributed by atoms with Crippen LogP contribution in [0.15, 0.2) is 47.1 Å². The lowest BCUT2D eigenvalue weighted by atomic mass is 9.97. The number of pyridine rings is 1. The van der Waals surface area contributed by atoms with Crippen LogP contribution in [0.4, 0.5) is 0 Å². The minimum atomic E-state index is 0.382. The molecule has 0 saturated carbocycles. The van der Waals surface area contributed by atoms with Crippen LogP contribution in [0, 0.1) is 6.92 Å². The van der Waals surface area contributed by atoms with E-state index in [-0.39, 0.29) is 0 Å². The average molecular weight is 319 g/mol. The van der Waals surface area contributed by atoms with E-state index >= 15 is 0 Å². The third kappa shape index (κ3) is 2.36. The maximum absolute atomic E-state index is 5.52. The van der Waals surface area contributed by atoms with E-state index in [4.69, 9.17) is 4.52 Å². The van der Waals surface area contributed by atoms with Crippen molar-refractivity contribution in [1.82, 2.24) is 24.7 Å². The van der Waals surface area contributed by atoms with Gasteiger partial charge in [0.15, 0.2) is 5.65 Å². The van der Waals surface area contributed by atoms with Crippen LogP contribution in [0.25, 0.3) is 28.5 Å². The lowest BCUT2D eigenvalue weighted by molar-refractivity contribution is 0.431. The van der Waals surface area contributed by atoms with Gasteiger partial charge in [0.25, 0.3) is 5.89 Å². The second-order valence-electron chi connectivity index (χ2n) is 6.06. The van der Waals surface area contributed by atoms with Crippen molar-refractivity contribution in [2.24, 2.45) is 0 Å². The highest BCUT2D eigenvalue weighted by Crippen LogP contribution is 2.29. The van der Waals surface area contributed by atoms with Crippen LogP contribution in [-0.4, -0.2) is 24.7 Å². The fourth-order valence-corrected chi connectivity index (χ4v) is 2.78. The number of nitrogens with zero attached hydrogens (tertiary/aromatic N) is 5. The van der Waals surface area contributed by atoms with Crippen molar-refractivity contribution in [3.63, 3.8) is 0 Å². The molecule has 0 fully saturated rings. The Morgan fingerprint density at radius 1 is 1.04 bits per heavy atom. The molecule has 0 aliphatic heterocycles. The lowest BCUT2D eigenvalue weighted by Gasteiger charge is -2.08. The van der Waals surface area contributed by atoms with Gasteiger partial charge in [-0.1, -0.05) is 37.2 Å². The average Bonchev–Trinajstić information content (AvgIpc) is 3.22. The molecule has 4 rings (SSSR count). The minimum absolute atomic E-state index is 0.382. The van der Waals surface area contributed by atoms with Gasteiger partial charge < -0.3 is 4.52 Å². The molecule has 120 valence electrons. The van der Waals surface area contributed by atoms with Crippen molar-refractivity contribution in [2.45, 2.75) is 26.7 Å². The van der Waals surface area contributed by atoms with Gasteiger partial charge in [0.05, 0.1) is 0 Å². The number of hydrogen-bond donors (Lipinski definition) is 0. The molecule has 0 spiro atoms. The van der Waals surface area contributed by atoms with Crippen LogP contribution in [0.1, 0.15) is 31.2 Å². The predicted molar refractivity (Wildman–Crippen MR) is 90.5 cm³/mol. The summed E-state index contributed by atoms with van der Waals surface area (Å²) >= 11 is 0. The maximum Gasteiger partial charge on any atom is 0.258 e. The van der Waals surface area contributed by atoms with Crippen LogP contribution >= 0.6 is 0 Å². The van der Waals surface area contributed by atoms with Crippen LogP contribution in [0.3, 0.4) is 0 Å². The van der Waals surface area contributed by atoms with Crippen LogP contribution < -0.4 is 0 Å². The molecule has 24 heavy (non-hydrogen) atoms. The Morgan fingerprint density at radius 2 is 1.88 bits per heavy atom. The van der Waals surface area contributed by atoms with Crippen molar-refractivity contribution < 1.29 is 4.52 Å². The van der Waals surface area contributed by atoms with E-state index in [1.165, 1.54) is 5.56 Å². The highest BCUT2D eigenvalue weighted by atomic mass is 16.5. The number of aromatic nitrogens is 5. The maximum atomic E-state index is 5.52. The largest absolute Gasteiger partial charge is 0.334 e. The molecule has 0 bridgehead atoms. The molecular formula is C18H17N5O. The smallest absolute Gasteiger partial charge is 0.258 e. The molecule has 3 aromatic heterocycles. The Balaban J connectivity index is 1.78. The molecule has 0 aliphatic rings. The van der Waals surface area contributed by atoms with Gasteiger partial charge in [-0.3, -0.25) is 4.40 Å². The van der Waals surface area contributed by atoms with Crippen LogP contribution in [0.2, 0.25) is 0 Å². The summed E-state index contributed by atoms with van der Waals surface area (Å²) in [7, 11) is 0. The van der Waals surface area contributed by atoms with Crippen LogP contribution in [0.5, 0.6) is 0 Å². The van der Waals surface area contributed by atoms with Crippen molar-refractivity contribution in [3.8, 4) is 22.8 Å². The summed E-state index contributed by atoms with van der Waals surface area (Å²) in [6.45, 7) is 6.21. The number of benzene rings is 1. The Hall–Kier alpha value is -3.02. The molecule has 0 radical (unpaired) electrons. The molecule has 0 amide bonds. The first-order valence-electron chi connectivity index (χ1n) is 7.88. The van der Waals surface area contributed by atoms with E-state index < -0.39 is 0 Å². The second kappa shape index (κ2) is 5.56. The van der Waals surface area contributed by atoms with Crippen molar-refractivity contribution in [2.75, 3.05) is 0 Å². The first kappa shape index (κ1) is 14.6. The first-order valence-corrected chi connectivity index (χ1v) is 7.88. The van der Waals surface area contributed by atoms with Gasteiger partial charge in [0, 0.05) is 17.3 Å². The number of hydrogen-bond acceptors (Lipinski definition) is 5. The molecule has 0 atom stereocenters. The molecule has 0 aliphatic carbocycles. The molecule has 3 heterocycles. The quantitative estimate of drug-likeness (QED) is 0.573.